The standard InChI is InChI=1S/C12H15N3O4S2/c1-4-19-12(16)11-8(2)5-10(20-11)14-21(17,18)9-6-13-15(3)7-9/h5-7,14H,4H2,1-3H3. The lowest BCUT2D eigenvalue weighted by molar-refractivity contribution is 0.0531. The predicted octanol–water partition coefficient (Wildman–Crippen LogP) is 1.77. The second-order valence-corrected chi connectivity index (χ2v) is 7.03. The molecular formula is C12H15N3O4S2. The van der Waals surface area contributed by atoms with Gasteiger partial charge in [0.1, 0.15) is 14.8 Å². The average Bonchev–Trinajstić information content (AvgIpc) is 2.96. The molecule has 2 aromatic rings. The number of rotatable bonds is 5. The summed E-state index contributed by atoms with van der Waals surface area (Å²) in [6.07, 6.45) is 2.66. The zero-order valence-corrected chi connectivity index (χ0v) is 13.4. The Morgan fingerprint density at radius 2 is 2.24 bits per heavy atom. The number of nitrogens with zero attached hydrogens (tertiary/aromatic N) is 2. The number of carbonyl (C=O) groups excluding carboxylic acids is 1. The van der Waals surface area contributed by atoms with Gasteiger partial charge in [0.05, 0.1) is 12.8 Å². The number of hydrogen-bond acceptors (Lipinski definition) is 6. The van der Waals surface area contributed by atoms with Crippen LogP contribution in [0.5, 0.6) is 0 Å². The van der Waals surface area contributed by atoms with E-state index in [-0.39, 0.29) is 11.5 Å². The van der Waals surface area contributed by atoms with Crippen molar-refractivity contribution < 1.29 is 17.9 Å². The molecule has 2 rings (SSSR count). The lowest BCUT2D eigenvalue weighted by Gasteiger charge is -2.02. The second-order valence-electron chi connectivity index (χ2n) is 4.30. The Balaban J connectivity index is 2.24. The van der Waals surface area contributed by atoms with E-state index in [1.165, 1.54) is 17.1 Å². The highest BCUT2D eigenvalue weighted by atomic mass is 32.2. The smallest absolute Gasteiger partial charge is 0.348 e. The largest absolute Gasteiger partial charge is 0.462 e. The summed E-state index contributed by atoms with van der Waals surface area (Å²) in [5, 5.41) is 4.19. The number of aromatic nitrogens is 2. The zero-order chi connectivity index (χ0) is 15.6. The Hall–Kier alpha value is -1.87. The van der Waals surface area contributed by atoms with Gasteiger partial charge in [-0.1, -0.05) is 0 Å². The van der Waals surface area contributed by atoms with Gasteiger partial charge in [0, 0.05) is 13.2 Å². The topological polar surface area (TPSA) is 90.3 Å². The van der Waals surface area contributed by atoms with E-state index in [2.05, 4.69) is 9.82 Å². The van der Waals surface area contributed by atoms with Crippen molar-refractivity contribution in [2.24, 2.45) is 7.05 Å². The first-order valence-corrected chi connectivity index (χ1v) is 8.42. The van der Waals surface area contributed by atoms with Crippen molar-refractivity contribution in [3.05, 3.63) is 28.9 Å². The van der Waals surface area contributed by atoms with E-state index in [1.54, 1.807) is 27.0 Å². The molecular weight excluding hydrogens is 314 g/mol. The molecule has 0 aliphatic heterocycles. The molecule has 0 saturated heterocycles. The Morgan fingerprint density at radius 1 is 1.52 bits per heavy atom. The van der Waals surface area contributed by atoms with Gasteiger partial charge in [-0.15, -0.1) is 11.3 Å². The fourth-order valence-corrected chi connectivity index (χ4v) is 3.89. The van der Waals surface area contributed by atoms with Crippen LogP contribution in [0.3, 0.4) is 0 Å². The molecule has 1 N–H and O–H groups in total. The predicted molar refractivity (Wildman–Crippen MR) is 79.0 cm³/mol. The third-order valence-electron chi connectivity index (χ3n) is 2.61. The van der Waals surface area contributed by atoms with Crippen LogP contribution in [0, 0.1) is 6.92 Å². The Kier molecular flexibility index (Phi) is 4.33. The van der Waals surface area contributed by atoms with E-state index in [0.717, 1.165) is 11.3 Å². The van der Waals surface area contributed by atoms with Crippen LogP contribution in [-0.4, -0.2) is 30.8 Å². The van der Waals surface area contributed by atoms with Crippen LogP contribution in [0.1, 0.15) is 22.2 Å². The van der Waals surface area contributed by atoms with Gasteiger partial charge in [-0.25, -0.2) is 13.2 Å². The number of aryl methyl sites for hydroxylation is 2. The normalized spacial score (nSPS) is 11.4. The molecule has 0 bridgehead atoms. The van der Waals surface area contributed by atoms with Gasteiger partial charge in [-0.05, 0) is 25.5 Å². The number of sulfonamides is 1. The van der Waals surface area contributed by atoms with E-state index >= 15 is 0 Å². The molecule has 0 saturated carbocycles. The molecule has 0 atom stereocenters. The van der Waals surface area contributed by atoms with Gasteiger partial charge < -0.3 is 4.74 Å². The Morgan fingerprint density at radius 3 is 2.81 bits per heavy atom. The summed E-state index contributed by atoms with van der Waals surface area (Å²) >= 11 is 1.04. The van der Waals surface area contributed by atoms with E-state index in [4.69, 9.17) is 4.74 Å². The highest BCUT2D eigenvalue weighted by molar-refractivity contribution is 7.93. The summed E-state index contributed by atoms with van der Waals surface area (Å²) in [6.45, 7) is 3.71. The molecule has 0 fully saturated rings. The van der Waals surface area contributed by atoms with Crippen molar-refractivity contribution in [1.29, 1.82) is 0 Å². The SMILES string of the molecule is CCOC(=O)c1sc(NS(=O)(=O)c2cnn(C)c2)cc1C. The van der Waals surface area contributed by atoms with Crippen LogP contribution in [0.15, 0.2) is 23.4 Å². The van der Waals surface area contributed by atoms with Crippen LogP contribution >= 0.6 is 11.3 Å². The highest BCUT2D eigenvalue weighted by Crippen LogP contribution is 2.29. The molecule has 114 valence electrons. The number of ether oxygens (including phenoxy) is 1. The van der Waals surface area contributed by atoms with Crippen LogP contribution in [0.25, 0.3) is 0 Å². The third-order valence-corrected chi connectivity index (χ3v) is 5.19. The lowest BCUT2D eigenvalue weighted by atomic mass is 10.3. The number of anilines is 1. The monoisotopic (exact) mass is 329 g/mol. The minimum atomic E-state index is -3.71. The lowest BCUT2D eigenvalue weighted by Crippen LogP contribution is -2.11. The van der Waals surface area contributed by atoms with Gasteiger partial charge in [-0.2, -0.15) is 5.10 Å². The zero-order valence-electron chi connectivity index (χ0n) is 11.8. The van der Waals surface area contributed by atoms with Crippen molar-refractivity contribution in [1.82, 2.24) is 9.78 Å². The molecule has 0 radical (unpaired) electrons. The fraction of sp³-hybridized carbons (Fsp3) is 0.333. The molecule has 0 spiro atoms. The molecule has 7 nitrogen and oxygen atoms in total. The number of esters is 1. The van der Waals surface area contributed by atoms with Gasteiger partial charge in [0.15, 0.2) is 0 Å². The van der Waals surface area contributed by atoms with E-state index < -0.39 is 16.0 Å². The van der Waals surface area contributed by atoms with E-state index in [0.29, 0.717) is 15.4 Å². The molecule has 9 heteroatoms. The van der Waals surface area contributed by atoms with Crippen molar-refractivity contribution in [2.45, 2.75) is 18.7 Å². The maximum absolute atomic E-state index is 12.2. The number of nitrogens with one attached hydrogen (secondary N) is 1. The fourth-order valence-electron chi connectivity index (χ4n) is 1.66. The molecule has 0 unspecified atom stereocenters. The summed E-state index contributed by atoms with van der Waals surface area (Å²) in [6, 6.07) is 1.60. The van der Waals surface area contributed by atoms with Crippen LogP contribution < -0.4 is 4.72 Å². The summed E-state index contributed by atoms with van der Waals surface area (Å²) in [4.78, 5) is 12.2. The minimum Gasteiger partial charge on any atom is -0.462 e. The Bertz CT molecular complexity index is 761. The number of carbonyl (C=O) groups is 1. The third kappa shape index (κ3) is 3.42. The molecule has 0 amide bonds. The number of hydrogen-bond donors (Lipinski definition) is 1. The quantitative estimate of drug-likeness (QED) is 0.844. The molecule has 21 heavy (non-hydrogen) atoms. The van der Waals surface area contributed by atoms with E-state index in [1.807, 2.05) is 0 Å². The summed E-state index contributed by atoms with van der Waals surface area (Å²) in [7, 11) is -2.08. The molecule has 2 heterocycles. The van der Waals surface area contributed by atoms with Crippen molar-refractivity contribution in [3.8, 4) is 0 Å². The molecule has 0 aliphatic rings. The summed E-state index contributed by atoms with van der Waals surface area (Å²) in [5.41, 5.74) is 0.669. The van der Waals surface area contributed by atoms with Gasteiger partial charge in [0.25, 0.3) is 10.0 Å². The second kappa shape index (κ2) is 5.86. The van der Waals surface area contributed by atoms with Gasteiger partial charge >= 0.3 is 5.97 Å². The van der Waals surface area contributed by atoms with Crippen LogP contribution in [-0.2, 0) is 21.8 Å². The minimum absolute atomic E-state index is 0.0636. The van der Waals surface area contributed by atoms with Crippen molar-refractivity contribution in [2.75, 3.05) is 11.3 Å². The Labute approximate surface area is 126 Å². The van der Waals surface area contributed by atoms with Crippen LogP contribution in [0.2, 0.25) is 0 Å². The molecule has 2 aromatic heterocycles. The molecule has 0 aromatic carbocycles. The average molecular weight is 329 g/mol. The summed E-state index contributed by atoms with van der Waals surface area (Å²) < 4.78 is 33.1. The van der Waals surface area contributed by atoms with Gasteiger partial charge in [-0.3, -0.25) is 9.40 Å². The van der Waals surface area contributed by atoms with Crippen molar-refractivity contribution in [3.63, 3.8) is 0 Å². The van der Waals surface area contributed by atoms with Crippen molar-refractivity contribution >= 4 is 32.3 Å². The first-order chi connectivity index (χ1) is 9.83. The van der Waals surface area contributed by atoms with Crippen LogP contribution in [0.4, 0.5) is 5.00 Å². The highest BCUT2D eigenvalue weighted by Gasteiger charge is 2.20. The summed E-state index contributed by atoms with van der Waals surface area (Å²) in [5.74, 6) is -0.452. The number of thiophene rings is 1. The van der Waals surface area contributed by atoms with Gasteiger partial charge in [0.2, 0.25) is 0 Å². The maximum Gasteiger partial charge on any atom is 0.348 e. The first-order valence-electron chi connectivity index (χ1n) is 6.12. The first kappa shape index (κ1) is 15.5. The van der Waals surface area contributed by atoms with E-state index in [9.17, 15) is 13.2 Å². The maximum atomic E-state index is 12.2. The molecule has 0 aliphatic carbocycles.